The number of fused-ring (bicyclic) bond motifs is 4. The summed E-state index contributed by atoms with van der Waals surface area (Å²) in [6.45, 7) is 14.2. The maximum Gasteiger partial charge on any atom is 0.122 e. The third kappa shape index (κ3) is 3.52. The molecule has 1 saturated carbocycles. The third-order valence-corrected chi connectivity index (χ3v) is 10.2. The van der Waals surface area contributed by atoms with Gasteiger partial charge < -0.3 is 9.84 Å². The van der Waals surface area contributed by atoms with E-state index in [2.05, 4.69) is 47.6 Å². The maximum atomic E-state index is 12.6. The highest BCUT2D eigenvalue weighted by molar-refractivity contribution is 5.52. The van der Waals surface area contributed by atoms with Crippen molar-refractivity contribution in [3.63, 3.8) is 0 Å². The lowest BCUT2D eigenvalue weighted by Gasteiger charge is -2.51. The quantitative estimate of drug-likeness (QED) is 0.545. The topological polar surface area (TPSA) is 29.5 Å². The summed E-state index contributed by atoms with van der Waals surface area (Å²) < 4.78 is 6.08. The summed E-state index contributed by atoms with van der Waals surface area (Å²) in [7, 11) is 1.82. The summed E-state index contributed by atoms with van der Waals surface area (Å²) in [5.74, 6) is 2.62. The predicted molar refractivity (Wildman–Crippen MR) is 129 cm³/mol. The van der Waals surface area contributed by atoms with E-state index in [1.807, 2.05) is 7.11 Å². The normalized spacial score (nSPS) is 34.2. The lowest BCUT2D eigenvalue weighted by Crippen LogP contribution is -2.52. The van der Waals surface area contributed by atoms with E-state index in [0.29, 0.717) is 11.8 Å². The minimum Gasteiger partial charge on any atom is -0.382 e. The first-order valence-electron chi connectivity index (χ1n) is 13.0. The number of aliphatic hydroxyl groups is 1. The molecule has 3 aliphatic carbocycles. The van der Waals surface area contributed by atoms with Crippen LogP contribution in [0.3, 0.4) is 0 Å². The van der Waals surface area contributed by atoms with Crippen molar-refractivity contribution in [2.24, 2.45) is 29.1 Å². The smallest absolute Gasteiger partial charge is 0.122 e. The zero-order valence-corrected chi connectivity index (χ0v) is 21.2. The van der Waals surface area contributed by atoms with Crippen molar-refractivity contribution in [3.05, 3.63) is 33.9 Å². The molecule has 4 rings (SSSR count). The number of rotatable bonds is 6. The Hall–Kier alpha value is -0.860. The Morgan fingerprint density at radius 2 is 1.77 bits per heavy atom. The van der Waals surface area contributed by atoms with Gasteiger partial charge in [-0.2, -0.15) is 0 Å². The van der Waals surface area contributed by atoms with Gasteiger partial charge in [-0.3, -0.25) is 0 Å². The number of benzene rings is 1. The van der Waals surface area contributed by atoms with Crippen molar-refractivity contribution in [3.8, 4) is 0 Å². The molecule has 0 aromatic heterocycles. The van der Waals surface area contributed by atoms with Crippen molar-refractivity contribution in [2.75, 3.05) is 7.11 Å². The van der Waals surface area contributed by atoms with E-state index in [0.717, 1.165) is 31.1 Å². The lowest BCUT2D eigenvalue weighted by molar-refractivity contribution is -0.153. The zero-order chi connectivity index (χ0) is 22.6. The molecule has 0 saturated heterocycles. The average molecular weight is 427 g/mol. The molecule has 0 aliphatic heterocycles. The standard InChI is InChI=1S/C29H46O2/c1-18(2)19(3)12-13-20(4)25-17-27(31-7)29(30)26-16-22-10-8-9-11-23(22)21(5)24(26)14-15-28(25,29)6/h16,18-20,25,27,30H,8-15,17H2,1-7H3. The molecule has 0 spiro atoms. The minimum atomic E-state index is -0.866. The second kappa shape index (κ2) is 8.49. The fourth-order valence-corrected chi connectivity index (χ4v) is 7.56. The van der Waals surface area contributed by atoms with Gasteiger partial charge >= 0.3 is 0 Å². The van der Waals surface area contributed by atoms with Crippen molar-refractivity contribution in [1.82, 2.24) is 0 Å². The van der Waals surface area contributed by atoms with Gasteiger partial charge in [0.2, 0.25) is 0 Å². The molecule has 31 heavy (non-hydrogen) atoms. The highest BCUT2D eigenvalue weighted by atomic mass is 16.5. The van der Waals surface area contributed by atoms with Crippen LogP contribution >= 0.6 is 0 Å². The van der Waals surface area contributed by atoms with Crippen molar-refractivity contribution in [1.29, 1.82) is 0 Å². The molecular weight excluding hydrogens is 380 g/mol. The summed E-state index contributed by atoms with van der Waals surface area (Å²) in [4.78, 5) is 0. The van der Waals surface area contributed by atoms with Gasteiger partial charge in [0.05, 0.1) is 6.10 Å². The highest BCUT2D eigenvalue weighted by Gasteiger charge is 2.65. The fourth-order valence-electron chi connectivity index (χ4n) is 7.56. The van der Waals surface area contributed by atoms with Crippen LogP contribution < -0.4 is 0 Å². The molecule has 1 fully saturated rings. The van der Waals surface area contributed by atoms with Crippen LogP contribution in [0.2, 0.25) is 0 Å². The van der Waals surface area contributed by atoms with Crippen molar-refractivity contribution >= 4 is 0 Å². The Kier molecular flexibility index (Phi) is 6.38. The number of hydrogen-bond acceptors (Lipinski definition) is 2. The first-order valence-corrected chi connectivity index (χ1v) is 13.0. The van der Waals surface area contributed by atoms with E-state index in [1.54, 1.807) is 5.56 Å². The second-order valence-electron chi connectivity index (χ2n) is 11.9. The van der Waals surface area contributed by atoms with E-state index < -0.39 is 5.60 Å². The highest BCUT2D eigenvalue weighted by Crippen LogP contribution is 2.64. The van der Waals surface area contributed by atoms with E-state index in [1.165, 1.54) is 60.8 Å². The Bertz CT molecular complexity index is 811. The van der Waals surface area contributed by atoms with Crippen LogP contribution in [0.4, 0.5) is 0 Å². The molecule has 174 valence electrons. The van der Waals surface area contributed by atoms with E-state index in [4.69, 9.17) is 4.74 Å². The summed E-state index contributed by atoms with van der Waals surface area (Å²) in [5, 5.41) is 12.6. The van der Waals surface area contributed by atoms with E-state index in [9.17, 15) is 5.11 Å². The lowest BCUT2D eigenvalue weighted by atomic mass is 9.57. The summed E-state index contributed by atoms with van der Waals surface area (Å²) in [6.07, 6.45) is 10.6. The molecule has 2 nitrogen and oxygen atoms in total. The molecule has 0 radical (unpaired) electrons. The first kappa shape index (κ1) is 23.3. The zero-order valence-electron chi connectivity index (χ0n) is 21.2. The molecule has 6 unspecified atom stereocenters. The Labute approximate surface area is 191 Å². The molecule has 0 bridgehead atoms. The largest absolute Gasteiger partial charge is 0.382 e. The molecular formula is C29H46O2. The number of ether oxygens (including phenoxy) is 1. The van der Waals surface area contributed by atoms with Gasteiger partial charge in [0, 0.05) is 12.5 Å². The van der Waals surface area contributed by atoms with Crippen LogP contribution in [0.5, 0.6) is 0 Å². The van der Waals surface area contributed by atoms with Crippen LogP contribution in [0, 0.1) is 36.0 Å². The first-order chi connectivity index (χ1) is 14.6. The number of methoxy groups -OCH3 is 1. The van der Waals surface area contributed by atoms with Crippen LogP contribution in [0.25, 0.3) is 0 Å². The molecule has 1 aromatic rings. The molecule has 1 N–H and O–H groups in total. The third-order valence-electron chi connectivity index (χ3n) is 10.2. The van der Waals surface area contributed by atoms with Gasteiger partial charge in [-0.05, 0) is 103 Å². The van der Waals surface area contributed by atoms with E-state index >= 15 is 0 Å². The van der Waals surface area contributed by atoms with Gasteiger partial charge in [0.15, 0.2) is 0 Å². The molecule has 0 amide bonds. The average Bonchev–Trinajstić information content (AvgIpc) is 2.99. The fraction of sp³-hybridized carbons (Fsp3) is 0.793. The van der Waals surface area contributed by atoms with Gasteiger partial charge in [-0.25, -0.2) is 0 Å². The molecule has 0 heterocycles. The van der Waals surface area contributed by atoms with Gasteiger partial charge in [0.25, 0.3) is 0 Å². The molecule has 3 aliphatic rings. The number of hydrogen-bond donors (Lipinski definition) is 1. The van der Waals surface area contributed by atoms with Gasteiger partial charge in [-0.15, -0.1) is 0 Å². The van der Waals surface area contributed by atoms with Crippen LogP contribution in [-0.2, 0) is 29.6 Å². The van der Waals surface area contributed by atoms with Crippen LogP contribution in [0.1, 0.15) is 101 Å². The Balaban J connectivity index is 1.71. The maximum absolute atomic E-state index is 12.6. The molecule has 2 heteroatoms. The summed E-state index contributed by atoms with van der Waals surface area (Å²) >= 11 is 0. The Morgan fingerprint density at radius 3 is 2.45 bits per heavy atom. The number of aryl methyl sites for hydroxylation is 1. The van der Waals surface area contributed by atoms with Crippen LogP contribution in [-0.4, -0.2) is 18.3 Å². The van der Waals surface area contributed by atoms with Gasteiger partial charge in [0.1, 0.15) is 5.60 Å². The Morgan fingerprint density at radius 1 is 1.06 bits per heavy atom. The molecule has 1 aromatic carbocycles. The minimum absolute atomic E-state index is 0.104. The van der Waals surface area contributed by atoms with Gasteiger partial charge in [-0.1, -0.05) is 53.5 Å². The SMILES string of the molecule is COC1CC(C(C)CCC(C)C(C)C)C2(C)CCc3c(cc4c(c3C)CCCC4)C12O. The monoisotopic (exact) mass is 426 g/mol. The van der Waals surface area contributed by atoms with Crippen molar-refractivity contribution < 1.29 is 9.84 Å². The summed E-state index contributed by atoms with van der Waals surface area (Å²) in [6, 6.07) is 2.41. The van der Waals surface area contributed by atoms with Crippen molar-refractivity contribution in [2.45, 2.75) is 111 Å². The molecule has 6 atom stereocenters. The predicted octanol–water partition coefficient (Wildman–Crippen LogP) is 6.76. The van der Waals surface area contributed by atoms with E-state index in [-0.39, 0.29) is 11.5 Å². The van der Waals surface area contributed by atoms with Crippen LogP contribution in [0.15, 0.2) is 6.07 Å². The second-order valence-corrected chi connectivity index (χ2v) is 11.9. The summed E-state index contributed by atoms with van der Waals surface area (Å²) in [5.41, 5.74) is 6.22.